The van der Waals surface area contributed by atoms with E-state index in [9.17, 15) is 18.3 Å². The number of nitrogens with zero attached hydrogens (tertiary/aromatic N) is 4. The minimum absolute atomic E-state index is 0.325. The van der Waals surface area contributed by atoms with Crippen LogP contribution in [0.4, 0.5) is 13.2 Å². The summed E-state index contributed by atoms with van der Waals surface area (Å²) < 4.78 is 40.0. The standard InChI is InChI=1S/C16H19F3N4O/c17-16(18,19)14-4-1-3-13(9-14)10-22-7-2-5-15(24,11-22)12-23-8-6-20-21-23/h1,3-4,6,8-9,24H,2,5,7,10-12H2. The summed E-state index contributed by atoms with van der Waals surface area (Å²) in [5.74, 6) is 0. The molecule has 0 saturated carbocycles. The SMILES string of the molecule is OC1(Cn2ccnn2)CCCN(Cc2cccc(C(F)(F)F)c2)C1. The van der Waals surface area contributed by atoms with Gasteiger partial charge in [0.05, 0.1) is 23.9 Å². The number of β-amino-alcohol motifs (C(OH)–C–C–N with tert-alkyl or cyclic N) is 1. The van der Waals surface area contributed by atoms with Crippen molar-refractivity contribution in [1.82, 2.24) is 19.9 Å². The third kappa shape index (κ3) is 4.12. The highest BCUT2D eigenvalue weighted by Crippen LogP contribution is 2.30. The first-order valence-electron chi connectivity index (χ1n) is 7.79. The van der Waals surface area contributed by atoms with Gasteiger partial charge in [-0.3, -0.25) is 4.90 Å². The average Bonchev–Trinajstić information content (AvgIpc) is 2.99. The topological polar surface area (TPSA) is 54.2 Å². The number of halogens is 3. The van der Waals surface area contributed by atoms with Crippen LogP contribution in [-0.2, 0) is 19.3 Å². The van der Waals surface area contributed by atoms with Gasteiger partial charge >= 0.3 is 6.18 Å². The van der Waals surface area contributed by atoms with E-state index in [1.54, 1.807) is 23.1 Å². The van der Waals surface area contributed by atoms with E-state index >= 15 is 0 Å². The van der Waals surface area contributed by atoms with Crippen molar-refractivity contribution in [2.75, 3.05) is 13.1 Å². The predicted molar refractivity (Wildman–Crippen MR) is 80.9 cm³/mol. The predicted octanol–water partition coefficient (Wildman–Crippen LogP) is 2.32. The van der Waals surface area contributed by atoms with Gasteiger partial charge in [0, 0.05) is 19.3 Å². The number of aliphatic hydroxyl groups is 1. The summed E-state index contributed by atoms with van der Waals surface area (Å²) in [6.45, 7) is 1.84. The monoisotopic (exact) mass is 340 g/mol. The van der Waals surface area contributed by atoms with Gasteiger partial charge in [-0.1, -0.05) is 23.4 Å². The molecule has 1 atom stereocenters. The van der Waals surface area contributed by atoms with Crippen LogP contribution in [0.25, 0.3) is 0 Å². The zero-order chi connectivity index (χ0) is 17.2. The second-order valence-electron chi connectivity index (χ2n) is 6.34. The van der Waals surface area contributed by atoms with Crippen LogP contribution in [0.1, 0.15) is 24.0 Å². The van der Waals surface area contributed by atoms with Crippen LogP contribution in [-0.4, -0.2) is 43.7 Å². The lowest BCUT2D eigenvalue weighted by molar-refractivity contribution is -0.137. The Morgan fingerprint density at radius 3 is 2.83 bits per heavy atom. The highest BCUT2D eigenvalue weighted by atomic mass is 19.4. The Bertz CT molecular complexity index is 674. The van der Waals surface area contributed by atoms with E-state index in [1.807, 2.05) is 4.90 Å². The quantitative estimate of drug-likeness (QED) is 0.928. The van der Waals surface area contributed by atoms with Crippen molar-refractivity contribution in [2.24, 2.45) is 0 Å². The molecule has 1 aromatic carbocycles. The lowest BCUT2D eigenvalue weighted by atomic mass is 9.92. The molecule has 2 aromatic rings. The first-order chi connectivity index (χ1) is 11.3. The first kappa shape index (κ1) is 16.9. The Balaban J connectivity index is 1.67. The number of hydrogen-bond acceptors (Lipinski definition) is 4. The fraction of sp³-hybridized carbons (Fsp3) is 0.500. The van der Waals surface area contributed by atoms with Crippen LogP contribution < -0.4 is 0 Å². The Labute approximate surface area is 137 Å². The Kier molecular flexibility index (Phi) is 4.60. The Hall–Kier alpha value is -1.93. The maximum atomic E-state index is 12.8. The number of hydrogen-bond donors (Lipinski definition) is 1. The number of alkyl halides is 3. The minimum atomic E-state index is -4.34. The third-order valence-corrected chi connectivity index (χ3v) is 4.22. The van der Waals surface area contributed by atoms with E-state index in [-0.39, 0.29) is 0 Å². The molecule has 1 aliphatic rings. The Morgan fingerprint density at radius 2 is 2.12 bits per heavy atom. The van der Waals surface area contributed by atoms with Crippen LogP contribution in [0.3, 0.4) is 0 Å². The number of likely N-dealkylation sites (tertiary alicyclic amines) is 1. The molecule has 1 saturated heterocycles. The molecular weight excluding hydrogens is 321 g/mol. The molecule has 24 heavy (non-hydrogen) atoms. The highest BCUT2D eigenvalue weighted by Gasteiger charge is 2.34. The summed E-state index contributed by atoms with van der Waals surface area (Å²) in [4.78, 5) is 1.98. The van der Waals surface area contributed by atoms with Gasteiger partial charge in [-0.15, -0.1) is 5.10 Å². The van der Waals surface area contributed by atoms with E-state index in [0.29, 0.717) is 31.6 Å². The van der Waals surface area contributed by atoms with Crippen LogP contribution in [0, 0.1) is 0 Å². The number of benzene rings is 1. The highest BCUT2D eigenvalue weighted by molar-refractivity contribution is 5.25. The molecule has 0 aliphatic carbocycles. The van der Waals surface area contributed by atoms with Gasteiger partial charge in [-0.2, -0.15) is 13.2 Å². The first-order valence-corrected chi connectivity index (χ1v) is 7.79. The third-order valence-electron chi connectivity index (χ3n) is 4.22. The van der Waals surface area contributed by atoms with E-state index < -0.39 is 17.3 Å². The summed E-state index contributed by atoms with van der Waals surface area (Å²) >= 11 is 0. The lowest BCUT2D eigenvalue weighted by Crippen LogP contribution is -2.50. The molecule has 3 rings (SSSR count). The van der Waals surface area contributed by atoms with Crippen molar-refractivity contribution < 1.29 is 18.3 Å². The van der Waals surface area contributed by atoms with Gasteiger partial charge < -0.3 is 5.11 Å². The zero-order valence-corrected chi connectivity index (χ0v) is 13.1. The maximum Gasteiger partial charge on any atom is 0.416 e. The molecule has 0 radical (unpaired) electrons. The van der Waals surface area contributed by atoms with Crippen molar-refractivity contribution in [3.63, 3.8) is 0 Å². The molecule has 0 spiro atoms. The molecule has 130 valence electrons. The average molecular weight is 340 g/mol. The molecule has 1 aliphatic heterocycles. The molecule has 1 aromatic heterocycles. The summed E-state index contributed by atoms with van der Waals surface area (Å²) in [6, 6.07) is 5.34. The second kappa shape index (κ2) is 6.52. The molecule has 1 unspecified atom stereocenters. The zero-order valence-electron chi connectivity index (χ0n) is 13.1. The van der Waals surface area contributed by atoms with Gasteiger partial charge in [0.15, 0.2) is 0 Å². The second-order valence-corrected chi connectivity index (χ2v) is 6.34. The van der Waals surface area contributed by atoms with Crippen molar-refractivity contribution in [3.05, 3.63) is 47.8 Å². The number of piperidine rings is 1. The van der Waals surface area contributed by atoms with E-state index in [1.165, 1.54) is 12.1 Å². The fourth-order valence-corrected chi connectivity index (χ4v) is 3.19. The van der Waals surface area contributed by atoms with E-state index in [0.717, 1.165) is 19.0 Å². The van der Waals surface area contributed by atoms with Gasteiger partial charge in [0.1, 0.15) is 0 Å². The lowest BCUT2D eigenvalue weighted by Gasteiger charge is -2.39. The molecular formula is C16H19F3N4O. The molecule has 0 amide bonds. The normalized spacial score (nSPS) is 22.7. The molecule has 2 heterocycles. The van der Waals surface area contributed by atoms with Crippen molar-refractivity contribution in [1.29, 1.82) is 0 Å². The van der Waals surface area contributed by atoms with Crippen LogP contribution >= 0.6 is 0 Å². The minimum Gasteiger partial charge on any atom is -0.387 e. The van der Waals surface area contributed by atoms with Crippen molar-refractivity contribution >= 4 is 0 Å². The van der Waals surface area contributed by atoms with Crippen LogP contribution in [0.5, 0.6) is 0 Å². The van der Waals surface area contributed by atoms with Crippen LogP contribution in [0.15, 0.2) is 36.7 Å². The van der Waals surface area contributed by atoms with Crippen molar-refractivity contribution in [3.8, 4) is 0 Å². The summed E-state index contributed by atoms with van der Waals surface area (Å²) in [7, 11) is 0. The smallest absolute Gasteiger partial charge is 0.387 e. The summed E-state index contributed by atoms with van der Waals surface area (Å²) in [5.41, 5.74) is -1.00. The number of rotatable bonds is 4. The summed E-state index contributed by atoms with van der Waals surface area (Å²) in [5, 5.41) is 18.4. The van der Waals surface area contributed by atoms with Crippen LogP contribution in [0.2, 0.25) is 0 Å². The van der Waals surface area contributed by atoms with Gasteiger partial charge in [-0.25, -0.2) is 4.68 Å². The van der Waals surface area contributed by atoms with E-state index in [2.05, 4.69) is 10.3 Å². The van der Waals surface area contributed by atoms with Gasteiger partial charge in [0.25, 0.3) is 0 Å². The molecule has 5 nitrogen and oxygen atoms in total. The van der Waals surface area contributed by atoms with Crippen molar-refractivity contribution in [2.45, 2.75) is 37.7 Å². The molecule has 1 fully saturated rings. The fourth-order valence-electron chi connectivity index (χ4n) is 3.19. The molecule has 0 bridgehead atoms. The van der Waals surface area contributed by atoms with Gasteiger partial charge in [0.2, 0.25) is 0 Å². The molecule has 8 heteroatoms. The molecule has 1 N–H and O–H groups in total. The number of aromatic nitrogens is 3. The van der Waals surface area contributed by atoms with Gasteiger partial charge in [-0.05, 0) is 31.0 Å². The maximum absolute atomic E-state index is 12.8. The Morgan fingerprint density at radius 1 is 1.29 bits per heavy atom. The van der Waals surface area contributed by atoms with E-state index in [4.69, 9.17) is 0 Å². The summed E-state index contributed by atoms with van der Waals surface area (Å²) in [6.07, 6.45) is 0.304. The largest absolute Gasteiger partial charge is 0.416 e.